The number of carbonyl (C=O) groups is 4. The monoisotopic (exact) mass is 799 g/mol. The predicted molar refractivity (Wildman–Crippen MR) is 205 cm³/mol. The molecular formula is C36H45N7O8S3. The van der Waals surface area contributed by atoms with Crippen LogP contribution in [0.1, 0.15) is 65.7 Å². The second kappa shape index (κ2) is 20.5. The zero-order valence-electron chi connectivity index (χ0n) is 30.1. The second-order valence-electron chi connectivity index (χ2n) is 12.9. The van der Waals surface area contributed by atoms with E-state index in [2.05, 4.69) is 25.9 Å². The van der Waals surface area contributed by atoms with Crippen LogP contribution in [-0.2, 0) is 50.6 Å². The standard InChI is InChI=1S/C36H45N7O8S3/c1-24(2)34-39-29(22-52-34)20-43(3)35(46)41-31(18-32(44)42-54(48,49)50)33(45)38-27(16-25-10-6-4-7-11-25)14-15-28(17-26-12-8-5-9-13-26)40-36(47)51-21-30-19-37-23-53-30/h4-13,19,22-24,27-28,31H,14-18,20-21H2,1-3H3,(H,38,45)(H,40,47)(H,41,46)(H,42,44)(H,48,49,50). The molecule has 0 radical (unpaired) electrons. The van der Waals surface area contributed by atoms with Gasteiger partial charge in [0.25, 0.3) is 0 Å². The fourth-order valence-electron chi connectivity index (χ4n) is 5.42. The third-order valence-corrected chi connectivity index (χ3v) is 10.5. The van der Waals surface area contributed by atoms with Gasteiger partial charge in [0, 0.05) is 36.6 Å². The van der Waals surface area contributed by atoms with Crippen LogP contribution in [0, 0.1) is 0 Å². The molecule has 2 heterocycles. The number of aromatic nitrogens is 2. The van der Waals surface area contributed by atoms with Gasteiger partial charge in [-0.2, -0.15) is 8.42 Å². The number of amides is 5. The molecule has 18 heteroatoms. The third kappa shape index (κ3) is 14.8. The van der Waals surface area contributed by atoms with Crippen molar-refractivity contribution in [1.82, 2.24) is 35.5 Å². The fourth-order valence-corrected chi connectivity index (χ4v) is 7.13. The van der Waals surface area contributed by atoms with Gasteiger partial charge in [0.05, 0.1) is 34.1 Å². The summed E-state index contributed by atoms with van der Waals surface area (Å²) in [4.78, 5) is 63.3. The van der Waals surface area contributed by atoms with Crippen LogP contribution < -0.4 is 20.7 Å². The van der Waals surface area contributed by atoms with Crippen molar-refractivity contribution in [2.45, 2.75) is 83.1 Å². The first-order valence-corrected chi connectivity index (χ1v) is 20.4. The Bertz CT molecular complexity index is 1910. The molecule has 2 aromatic heterocycles. The number of benzene rings is 2. The highest BCUT2D eigenvalue weighted by molar-refractivity contribution is 7.84. The molecule has 3 unspecified atom stereocenters. The van der Waals surface area contributed by atoms with Crippen LogP contribution in [0.15, 0.2) is 77.8 Å². The van der Waals surface area contributed by atoms with Gasteiger partial charge < -0.3 is 25.6 Å². The molecule has 0 saturated carbocycles. The molecule has 0 spiro atoms. The number of alkyl carbamates (subject to hydrolysis) is 1. The zero-order valence-corrected chi connectivity index (χ0v) is 32.6. The average molecular weight is 800 g/mol. The molecule has 0 aliphatic heterocycles. The van der Waals surface area contributed by atoms with Crippen molar-refractivity contribution in [2.24, 2.45) is 0 Å². The van der Waals surface area contributed by atoms with E-state index in [1.165, 1.54) is 39.3 Å². The Labute approximate surface area is 322 Å². The van der Waals surface area contributed by atoms with E-state index in [0.29, 0.717) is 31.4 Å². The number of nitrogens with one attached hydrogen (secondary N) is 4. The minimum atomic E-state index is -4.93. The number of thiazole rings is 2. The lowest BCUT2D eigenvalue weighted by Gasteiger charge is -2.27. The van der Waals surface area contributed by atoms with E-state index in [4.69, 9.17) is 4.74 Å². The van der Waals surface area contributed by atoms with Crippen LogP contribution in [0.5, 0.6) is 0 Å². The van der Waals surface area contributed by atoms with E-state index in [1.54, 1.807) is 11.7 Å². The summed E-state index contributed by atoms with van der Waals surface area (Å²) in [5.74, 6) is -1.76. The topological polar surface area (TPSA) is 209 Å². The van der Waals surface area contributed by atoms with E-state index in [0.717, 1.165) is 21.0 Å². The minimum Gasteiger partial charge on any atom is -0.444 e. The van der Waals surface area contributed by atoms with Crippen LogP contribution in [-0.4, -0.2) is 77.0 Å². The number of hydrogen-bond donors (Lipinski definition) is 5. The van der Waals surface area contributed by atoms with Gasteiger partial charge in [-0.3, -0.25) is 19.1 Å². The molecule has 0 saturated heterocycles. The van der Waals surface area contributed by atoms with Gasteiger partial charge in [-0.1, -0.05) is 74.5 Å². The SMILES string of the molecule is CC(C)c1nc(CN(C)C(=O)NC(CC(=O)NS(=O)(=O)O)C(=O)NC(CCC(Cc2ccccc2)NC(=O)OCc2cncs2)Cc2ccccc2)cs1. The predicted octanol–water partition coefficient (Wildman–Crippen LogP) is 4.59. The van der Waals surface area contributed by atoms with Gasteiger partial charge in [-0.05, 0) is 36.8 Å². The van der Waals surface area contributed by atoms with Crippen LogP contribution in [0.2, 0.25) is 0 Å². The molecule has 5 amide bonds. The summed E-state index contributed by atoms with van der Waals surface area (Å²) in [5, 5.41) is 11.2. The number of nitrogens with zero attached hydrogens (tertiary/aromatic N) is 3. The summed E-state index contributed by atoms with van der Waals surface area (Å²) >= 11 is 2.83. The van der Waals surface area contributed by atoms with Gasteiger partial charge in [0.2, 0.25) is 11.8 Å². The molecule has 0 aliphatic carbocycles. The van der Waals surface area contributed by atoms with Crippen LogP contribution in [0.25, 0.3) is 0 Å². The number of carbonyl (C=O) groups excluding carboxylic acids is 4. The molecule has 5 N–H and O–H groups in total. The van der Waals surface area contributed by atoms with Gasteiger partial charge in [-0.15, -0.1) is 22.7 Å². The highest BCUT2D eigenvalue weighted by Gasteiger charge is 2.29. The maximum absolute atomic E-state index is 13.9. The summed E-state index contributed by atoms with van der Waals surface area (Å²) in [5.41, 5.74) is 4.16. The molecule has 0 fully saturated rings. The second-order valence-corrected chi connectivity index (χ2v) is 16.0. The zero-order chi connectivity index (χ0) is 39.1. The number of rotatable bonds is 19. The molecule has 54 heavy (non-hydrogen) atoms. The van der Waals surface area contributed by atoms with Crippen molar-refractivity contribution in [1.29, 1.82) is 0 Å². The van der Waals surface area contributed by atoms with Crippen molar-refractivity contribution >= 4 is 56.9 Å². The van der Waals surface area contributed by atoms with Crippen molar-refractivity contribution in [3.05, 3.63) is 104 Å². The van der Waals surface area contributed by atoms with Gasteiger partial charge in [0.15, 0.2) is 0 Å². The Morgan fingerprint density at radius 1 is 0.889 bits per heavy atom. The smallest absolute Gasteiger partial charge is 0.407 e. The maximum atomic E-state index is 13.9. The number of urea groups is 1. The Balaban J connectivity index is 1.50. The van der Waals surface area contributed by atoms with Crippen LogP contribution >= 0.6 is 22.7 Å². The normalized spacial score (nSPS) is 13.0. The van der Waals surface area contributed by atoms with Crippen LogP contribution in [0.4, 0.5) is 9.59 Å². The molecule has 4 rings (SSSR count). The summed E-state index contributed by atoms with van der Waals surface area (Å²) in [6.07, 6.45) is 1.81. The van der Waals surface area contributed by atoms with Gasteiger partial charge in [0.1, 0.15) is 12.6 Å². The quantitative estimate of drug-likeness (QED) is 0.0834. The Morgan fingerprint density at radius 3 is 2.04 bits per heavy atom. The van der Waals surface area contributed by atoms with Crippen molar-refractivity contribution < 1.29 is 36.9 Å². The first kappa shape index (κ1) is 41.8. The maximum Gasteiger partial charge on any atom is 0.407 e. The summed E-state index contributed by atoms with van der Waals surface area (Å²) in [6, 6.07) is 15.8. The molecule has 0 aliphatic rings. The molecule has 3 atom stereocenters. The molecule has 290 valence electrons. The molecule has 15 nitrogen and oxygen atoms in total. The third-order valence-electron chi connectivity index (χ3n) is 8.07. The van der Waals surface area contributed by atoms with Crippen molar-refractivity contribution in [2.75, 3.05) is 7.05 Å². The lowest BCUT2D eigenvalue weighted by atomic mass is 9.95. The Morgan fingerprint density at radius 2 is 1.50 bits per heavy atom. The largest absolute Gasteiger partial charge is 0.444 e. The number of hydrogen-bond acceptors (Lipinski definition) is 11. The lowest BCUT2D eigenvalue weighted by Crippen LogP contribution is -2.54. The van der Waals surface area contributed by atoms with E-state index < -0.39 is 58.8 Å². The molecular weight excluding hydrogens is 755 g/mol. The average Bonchev–Trinajstić information content (AvgIpc) is 3.82. The summed E-state index contributed by atoms with van der Waals surface area (Å²) in [6.45, 7) is 4.19. The van der Waals surface area contributed by atoms with Crippen molar-refractivity contribution in [3.63, 3.8) is 0 Å². The number of ether oxygens (including phenoxy) is 1. The van der Waals surface area contributed by atoms with E-state index >= 15 is 0 Å². The highest BCUT2D eigenvalue weighted by Crippen LogP contribution is 2.20. The first-order chi connectivity index (χ1) is 25.7. The Hall–Kier alpha value is -4.91. The van der Waals surface area contributed by atoms with Crippen LogP contribution in [0.3, 0.4) is 0 Å². The molecule has 4 aromatic rings. The summed E-state index contributed by atoms with van der Waals surface area (Å²) < 4.78 is 38.9. The minimum absolute atomic E-state index is 0.0669. The lowest BCUT2D eigenvalue weighted by molar-refractivity contribution is -0.128. The first-order valence-electron chi connectivity index (χ1n) is 17.2. The van der Waals surface area contributed by atoms with Crippen molar-refractivity contribution in [3.8, 4) is 0 Å². The van der Waals surface area contributed by atoms with E-state index in [9.17, 15) is 32.1 Å². The van der Waals surface area contributed by atoms with Gasteiger partial charge >= 0.3 is 22.4 Å². The molecule has 2 aromatic carbocycles. The Kier molecular flexibility index (Phi) is 15.9. The van der Waals surface area contributed by atoms with Gasteiger partial charge in [-0.25, -0.2) is 19.3 Å². The molecule has 0 bridgehead atoms. The van der Waals surface area contributed by atoms with E-state index in [-0.39, 0.29) is 19.1 Å². The summed E-state index contributed by atoms with van der Waals surface area (Å²) in [7, 11) is -3.43. The fraction of sp³-hybridized carbons (Fsp3) is 0.389. The van der Waals surface area contributed by atoms with E-state index in [1.807, 2.05) is 79.9 Å². The highest BCUT2D eigenvalue weighted by atomic mass is 32.2.